The number of aromatic nitrogens is 4. The van der Waals surface area contributed by atoms with Gasteiger partial charge in [-0.15, -0.1) is 0 Å². The third kappa shape index (κ3) is 7.62. The van der Waals surface area contributed by atoms with Crippen LogP contribution in [-0.4, -0.2) is 31.6 Å². The minimum absolute atomic E-state index is 0.124. The van der Waals surface area contributed by atoms with Crippen LogP contribution >= 0.6 is 0 Å². The highest BCUT2D eigenvalue weighted by molar-refractivity contribution is 5.79. The maximum Gasteiger partial charge on any atom is 0.373 e. The maximum absolute atomic E-state index is 13.6. The Bertz CT molecular complexity index is 1740. The lowest BCUT2D eigenvalue weighted by molar-refractivity contribution is -0.191. The van der Waals surface area contributed by atoms with E-state index in [0.29, 0.717) is 30.3 Å². The topological polar surface area (TPSA) is 153 Å². The number of aryl methyl sites for hydroxylation is 3. The molecule has 4 N–H and O–H groups in total. The number of nitrogens with two attached hydrogens (primary N) is 1. The van der Waals surface area contributed by atoms with Crippen LogP contribution in [0.5, 0.6) is 0 Å². The van der Waals surface area contributed by atoms with E-state index in [0.717, 1.165) is 40.6 Å². The monoisotopic (exact) mass is 550 g/mol. The quantitative estimate of drug-likeness (QED) is 0.254. The molecule has 5 rings (SSSR count). The first kappa shape index (κ1) is 28.7. The molecular formula is C31H30N6O4. The predicted molar refractivity (Wildman–Crippen MR) is 154 cm³/mol. The molecule has 208 valence electrons. The average molecular weight is 551 g/mol. The summed E-state index contributed by atoms with van der Waals surface area (Å²) in [6.45, 7) is 2.17. The first-order chi connectivity index (χ1) is 19.9. The first-order valence-electron chi connectivity index (χ1n) is 13.1. The molecule has 0 unspecified atom stereocenters. The smallest absolute Gasteiger partial charge is 0.369 e. The minimum atomic E-state index is -0.270. The Balaban J connectivity index is 0.00000124. The number of carbonyl (C=O) groups excluding carboxylic acids is 3. The normalized spacial score (nSPS) is 10.5. The van der Waals surface area contributed by atoms with Crippen molar-refractivity contribution in [1.82, 2.24) is 24.8 Å². The number of nitrogens with one attached hydrogen (secondary N) is 2. The Morgan fingerprint density at radius 1 is 1.00 bits per heavy atom. The highest BCUT2D eigenvalue weighted by Gasteiger charge is 2.16. The molecule has 10 heteroatoms. The number of benzene rings is 3. The zero-order valence-corrected chi connectivity index (χ0v) is 22.6. The molecule has 0 fully saturated rings. The van der Waals surface area contributed by atoms with E-state index in [4.69, 9.17) is 15.3 Å². The van der Waals surface area contributed by atoms with Crippen molar-refractivity contribution in [2.45, 2.75) is 39.3 Å². The molecule has 0 spiro atoms. The molecule has 10 nitrogen and oxygen atoms in total. The fraction of sp³-hybridized carbons (Fsp3) is 0.194. The standard InChI is InChI=1S/C30H30N6O2.CO2/c1-20-7-5-11-23(15-20)28-33-18-24(12-6-10-21-8-3-2-4-9-21)29(38)36(28)19-27(37)32-17-22-13-14-25-26(16-22)35-30(31)34-25;2-1-3/h2-5,7-9,11,13-16,18H,6,10,12,17,19H2,1H3,(H,32,37)(H3,31,34,35);. The van der Waals surface area contributed by atoms with Crippen molar-refractivity contribution in [2.75, 3.05) is 5.73 Å². The van der Waals surface area contributed by atoms with Gasteiger partial charge in [-0.05, 0) is 55.5 Å². The molecule has 0 aliphatic carbocycles. The lowest BCUT2D eigenvalue weighted by Crippen LogP contribution is -2.34. The Morgan fingerprint density at radius 2 is 1.78 bits per heavy atom. The second-order valence-electron chi connectivity index (χ2n) is 9.54. The number of hydrogen-bond donors (Lipinski definition) is 3. The Labute approximate surface area is 236 Å². The fourth-order valence-corrected chi connectivity index (χ4v) is 4.58. The van der Waals surface area contributed by atoms with Gasteiger partial charge in [0.15, 0.2) is 5.95 Å². The lowest BCUT2D eigenvalue weighted by atomic mass is 10.1. The van der Waals surface area contributed by atoms with Crippen molar-refractivity contribution in [3.8, 4) is 11.4 Å². The number of nitrogens with zero attached hydrogens (tertiary/aromatic N) is 3. The van der Waals surface area contributed by atoms with Crippen LogP contribution in [0.15, 0.2) is 83.8 Å². The minimum Gasteiger partial charge on any atom is -0.369 e. The number of H-pyrrole nitrogens is 1. The average Bonchev–Trinajstić information content (AvgIpc) is 3.34. The number of aromatic amines is 1. The van der Waals surface area contributed by atoms with Gasteiger partial charge in [0.1, 0.15) is 12.4 Å². The van der Waals surface area contributed by atoms with Crippen LogP contribution in [0, 0.1) is 6.92 Å². The SMILES string of the molecule is Cc1cccc(-c2ncc(CCCc3ccccc3)c(=O)n2CC(=O)NCc2ccc3nc(N)[nH]c3c2)c1.O=C=O. The third-order valence-corrected chi connectivity index (χ3v) is 6.50. The van der Waals surface area contributed by atoms with Crippen molar-refractivity contribution in [1.29, 1.82) is 0 Å². The van der Waals surface area contributed by atoms with Gasteiger partial charge in [-0.2, -0.15) is 9.59 Å². The molecule has 0 bridgehead atoms. The van der Waals surface area contributed by atoms with Crippen LogP contribution in [0.1, 0.15) is 28.7 Å². The first-order valence-corrected chi connectivity index (χ1v) is 13.1. The molecule has 0 aliphatic heterocycles. The van der Waals surface area contributed by atoms with Crippen LogP contribution in [-0.2, 0) is 40.3 Å². The van der Waals surface area contributed by atoms with E-state index < -0.39 is 0 Å². The van der Waals surface area contributed by atoms with Crippen molar-refractivity contribution in [3.63, 3.8) is 0 Å². The zero-order chi connectivity index (χ0) is 29.2. The number of fused-ring (bicyclic) bond motifs is 1. The van der Waals surface area contributed by atoms with Gasteiger partial charge in [-0.25, -0.2) is 9.97 Å². The van der Waals surface area contributed by atoms with E-state index in [1.807, 2.05) is 67.6 Å². The molecule has 2 heterocycles. The van der Waals surface area contributed by atoms with E-state index in [2.05, 4.69) is 32.4 Å². The van der Waals surface area contributed by atoms with Crippen molar-refractivity contribution in [3.05, 3.63) is 112 Å². The zero-order valence-electron chi connectivity index (χ0n) is 22.6. The molecule has 1 amide bonds. The van der Waals surface area contributed by atoms with Gasteiger partial charge >= 0.3 is 6.15 Å². The molecule has 0 atom stereocenters. The number of rotatable bonds is 9. The number of carbonyl (C=O) groups is 1. The van der Waals surface area contributed by atoms with Gasteiger partial charge in [0.05, 0.1) is 11.0 Å². The van der Waals surface area contributed by atoms with E-state index in [9.17, 15) is 9.59 Å². The van der Waals surface area contributed by atoms with Gasteiger partial charge in [-0.1, -0.05) is 60.2 Å². The highest BCUT2D eigenvalue weighted by atomic mass is 16.2. The maximum atomic E-state index is 13.6. The van der Waals surface area contributed by atoms with Gasteiger partial charge in [-0.3, -0.25) is 14.2 Å². The van der Waals surface area contributed by atoms with Crippen molar-refractivity contribution < 1.29 is 14.4 Å². The lowest BCUT2D eigenvalue weighted by Gasteiger charge is -2.14. The molecule has 0 saturated carbocycles. The summed E-state index contributed by atoms with van der Waals surface area (Å²) in [7, 11) is 0. The molecule has 41 heavy (non-hydrogen) atoms. The van der Waals surface area contributed by atoms with Gasteiger partial charge in [0, 0.05) is 23.9 Å². The molecule has 3 aromatic carbocycles. The summed E-state index contributed by atoms with van der Waals surface area (Å²) in [4.78, 5) is 54.7. The van der Waals surface area contributed by atoms with Gasteiger partial charge < -0.3 is 16.0 Å². The molecule has 5 aromatic rings. The van der Waals surface area contributed by atoms with Crippen LogP contribution in [0.4, 0.5) is 5.95 Å². The van der Waals surface area contributed by atoms with E-state index in [1.165, 1.54) is 10.1 Å². The molecule has 2 aromatic heterocycles. The van der Waals surface area contributed by atoms with E-state index in [1.54, 1.807) is 6.20 Å². The summed E-state index contributed by atoms with van der Waals surface area (Å²) in [6.07, 6.45) is 4.18. The van der Waals surface area contributed by atoms with Gasteiger partial charge in [0.25, 0.3) is 5.56 Å². The van der Waals surface area contributed by atoms with Gasteiger partial charge in [0.2, 0.25) is 5.91 Å². The predicted octanol–water partition coefficient (Wildman–Crippen LogP) is 3.59. The van der Waals surface area contributed by atoms with Crippen LogP contribution in [0.25, 0.3) is 22.4 Å². The van der Waals surface area contributed by atoms with Crippen LogP contribution in [0.3, 0.4) is 0 Å². The Morgan fingerprint density at radius 3 is 2.54 bits per heavy atom. The number of amides is 1. The molecule has 0 aliphatic rings. The Hall–Kier alpha value is -5.34. The van der Waals surface area contributed by atoms with Crippen molar-refractivity contribution in [2.24, 2.45) is 0 Å². The van der Waals surface area contributed by atoms with E-state index in [-0.39, 0.29) is 24.2 Å². The summed E-state index contributed by atoms with van der Waals surface area (Å²) < 4.78 is 1.49. The molecule has 0 radical (unpaired) electrons. The summed E-state index contributed by atoms with van der Waals surface area (Å²) in [5, 5.41) is 2.93. The fourth-order valence-electron chi connectivity index (χ4n) is 4.58. The molecular weight excluding hydrogens is 520 g/mol. The summed E-state index contributed by atoms with van der Waals surface area (Å²) in [5.74, 6) is 0.559. The van der Waals surface area contributed by atoms with Crippen molar-refractivity contribution >= 4 is 29.0 Å². The molecule has 0 saturated heterocycles. The highest BCUT2D eigenvalue weighted by Crippen LogP contribution is 2.18. The van der Waals surface area contributed by atoms with E-state index >= 15 is 0 Å². The van der Waals surface area contributed by atoms with Crippen LogP contribution < -0.4 is 16.6 Å². The number of hydrogen-bond acceptors (Lipinski definition) is 7. The Kier molecular flexibility index (Phi) is 9.53. The second-order valence-corrected chi connectivity index (χ2v) is 9.54. The second kappa shape index (κ2) is 13.6. The summed E-state index contributed by atoms with van der Waals surface area (Å²) >= 11 is 0. The number of imidazole rings is 1. The largest absolute Gasteiger partial charge is 0.373 e. The number of anilines is 1. The van der Waals surface area contributed by atoms with Crippen LogP contribution in [0.2, 0.25) is 0 Å². The number of nitrogen functional groups attached to an aromatic ring is 1. The summed E-state index contributed by atoms with van der Waals surface area (Å²) in [5.41, 5.74) is 11.7. The third-order valence-electron chi connectivity index (χ3n) is 6.50. The summed E-state index contributed by atoms with van der Waals surface area (Å²) in [6, 6.07) is 23.6.